The van der Waals surface area contributed by atoms with Crippen LogP contribution in [0, 0.1) is 10.1 Å². The van der Waals surface area contributed by atoms with Crippen molar-refractivity contribution >= 4 is 28.9 Å². The Morgan fingerprint density at radius 1 is 1.40 bits per heavy atom. The van der Waals surface area contributed by atoms with Gasteiger partial charge >= 0.3 is 5.69 Å². The summed E-state index contributed by atoms with van der Waals surface area (Å²) in [6.07, 6.45) is 6.53. The van der Waals surface area contributed by atoms with Crippen LogP contribution in [0.4, 0.5) is 5.69 Å². The van der Waals surface area contributed by atoms with Gasteiger partial charge in [0.25, 0.3) is 0 Å². The topological polar surface area (TPSA) is 91.2 Å². The molecule has 0 bridgehead atoms. The van der Waals surface area contributed by atoms with E-state index < -0.39 is 4.92 Å². The Hall–Kier alpha value is -3.00. The van der Waals surface area contributed by atoms with Crippen molar-refractivity contribution < 1.29 is 14.1 Å². The van der Waals surface area contributed by atoms with E-state index in [1.807, 2.05) is 12.1 Å². The second kappa shape index (κ2) is 7.27. The van der Waals surface area contributed by atoms with E-state index in [-0.39, 0.29) is 18.0 Å². The van der Waals surface area contributed by atoms with Crippen molar-refractivity contribution in [3.05, 3.63) is 74.1 Å². The lowest BCUT2D eigenvalue weighted by atomic mass is 10.2. The molecule has 0 spiro atoms. The normalized spacial score (nSPS) is 11.2. The summed E-state index contributed by atoms with van der Waals surface area (Å²) < 4.78 is 7.03. The first-order chi connectivity index (χ1) is 12.0. The maximum Gasteiger partial charge on any atom is 0.307 e. The largest absolute Gasteiger partial charge is 0.460 e. The van der Waals surface area contributed by atoms with Gasteiger partial charge in [-0.2, -0.15) is 5.10 Å². The molecule has 7 nitrogen and oxygen atoms in total. The van der Waals surface area contributed by atoms with Gasteiger partial charge in [0.05, 0.1) is 16.3 Å². The summed E-state index contributed by atoms with van der Waals surface area (Å²) in [5, 5.41) is 14.6. The van der Waals surface area contributed by atoms with Crippen molar-refractivity contribution in [3.63, 3.8) is 0 Å². The molecular weight excluding hydrogens is 342 g/mol. The van der Waals surface area contributed by atoms with Gasteiger partial charge in [0.15, 0.2) is 5.78 Å². The molecule has 8 heteroatoms. The molecule has 0 aliphatic carbocycles. The zero-order valence-corrected chi connectivity index (χ0v) is 14.2. The number of hydrogen-bond donors (Lipinski definition) is 0. The summed E-state index contributed by atoms with van der Waals surface area (Å²) in [5.41, 5.74) is -0.0698. The Morgan fingerprint density at radius 3 is 2.92 bits per heavy atom. The molecule has 0 saturated carbocycles. The van der Waals surface area contributed by atoms with Crippen LogP contribution in [0.15, 0.2) is 47.2 Å². The molecule has 0 aliphatic heterocycles. The van der Waals surface area contributed by atoms with Crippen molar-refractivity contribution in [2.75, 3.05) is 0 Å². The molecule has 0 N–H and O–H groups in total. The van der Waals surface area contributed by atoms with Gasteiger partial charge in [-0.15, -0.1) is 11.3 Å². The number of allylic oxidation sites excluding steroid dienone is 1. The molecule has 0 unspecified atom stereocenters. The number of hydrogen-bond acceptors (Lipinski definition) is 6. The molecule has 0 saturated heterocycles. The minimum Gasteiger partial charge on any atom is -0.460 e. The Morgan fingerprint density at radius 2 is 2.24 bits per heavy atom. The Bertz CT molecular complexity index is 935. The summed E-state index contributed by atoms with van der Waals surface area (Å²) in [7, 11) is 0. The monoisotopic (exact) mass is 357 g/mol. The number of aryl methyl sites for hydroxylation is 1. The summed E-state index contributed by atoms with van der Waals surface area (Å²) >= 11 is 1.49. The standard InChI is InChI=1S/C17H15N3O4S/c1-2-15-6-8-17(25-15)16(21)7-5-13-3-4-14(24-13)11-19-10-12(9-18-19)20(22)23/h3-10H,2,11H2,1H3/b7-5+. The zero-order valence-electron chi connectivity index (χ0n) is 13.4. The molecule has 0 fully saturated rings. The van der Waals surface area contributed by atoms with Gasteiger partial charge in [0, 0.05) is 4.88 Å². The highest BCUT2D eigenvalue weighted by molar-refractivity contribution is 7.14. The highest BCUT2D eigenvalue weighted by Gasteiger charge is 2.10. The smallest absolute Gasteiger partial charge is 0.307 e. The van der Waals surface area contributed by atoms with Crippen LogP contribution in [0.25, 0.3) is 6.08 Å². The molecule has 0 amide bonds. The van der Waals surface area contributed by atoms with E-state index in [2.05, 4.69) is 12.0 Å². The third-order valence-electron chi connectivity index (χ3n) is 3.48. The van der Waals surface area contributed by atoms with E-state index >= 15 is 0 Å². The first-order valence-electron chi connectivity index (χ1n) is 7.62. The van der Waals surface area contributed by atoms with Crippen LogP contribution in [-0.2, 0) is 13.0 Å². The Kier molecular flexibility index (Phi) is 4.90. The van der Waals surface area contributed by atoms with Crippen molar-refractivity contribution in [2.24, 2.45) is 0 Å². The lowest BCUT2D eigenvalue weighted by molar-refractivity contribution is -0.385. The first-order valence-corrected chi connectivity index (χ1v) is 8.43. The first kappa shape index (κ1) is 16.8. The summed E-state index contributed by atoms with van der Waals surface area (Å²) in [6, 6.07) is 7.27. The average Bonchev–Trinajstić information content (AvgIpc) is 3.33. The fourth-order valence-corrected chi connectivity index (χ4v) is 3.07. The van der Waals surface area contributed by atoms with E-state index in [0.717, 1.165) is 6.42 Å². The van der Waals surface area contributed by atoms with Crippen LogP contribution < -0.4 is 0 Å². The minimum atomic E-state index is -0.500. The molecule has 3 aromatic rings. The average molecular weight is 357 g/mol. The molecule has 3 aromatic heterocycles. The SMILES string of the molecule is CCc1ccc(C(=O)/C=C/c2ccc(Cn3cc([N+](=O)[O-])cn3)o2)s1. The minimum absolute atomic E-state index is 0.0645. The quantitative estimate of drug-likeness (QED) is 0.276. The molecule has 0 aliphatic rings. The van der Waals surface area contributed by atoms with Gasteiger partial charge < -0.3 is 4.42 Å². The number of thiophene rings is 1. The van der Waals surface area contributed by atoms with Gasteiger partial charge in [-0.1, -0.05) is 6.92 Å². The van der Waals surface area contributed by atoms with Crippen LogP contribution >= 0.6 is 11.3 Å². The number of rotatable bonds is 7. The molecule has 0 atom stereocenters. The number of carbonyl (C=O) groups is 1. The third kappa shape index (κ3) is 4.10. The third-order valence-corrected chi connectivity index (χ3v) is 4.73. The van der Waals surface area contributed by atoms with Gasteiger partial charge in [0.1, 0.15) is 23.9 Å². The predicted octanol–water partition coefficient (Wildman–Crippen LogP) is 3.95. The number of aromatic nitrogens is 2. The number of ketones is 1. The second-order valence-electron chi connectivity index (χ2n) is 5.27. The molecule has 128 valence electrons. The van der Waals surface area contributed by atoms with Crippen LogP contribution in [-0.4, -0.2) is 20.5 Å². The van der Waals surface area contributed by atoms with Crippen molar-refractivity contribution in [1.82, 2.24) is 9.78 Å². The van der Waals surface area contributed by atoms with Crippen LogP contribution in [0.5, 0.6) is 0 Å². The Labute approximate surface area is 147 Å². The van der Waals surface area contributed by atoms with E-state index in [1.165, 1.54) is 39.4 Å². The van der Waals surface area contributed by atoms with E-state index in [0.29, 0.717) is 16.4 Å². The lowest BCUT2D eigenvalue weighted by Gasteiger charge is -1.96. The maximum atomic E-state index is 12.1. The van der Waals surface area contributed by atoms with Gasteiger partial charge in [0.2, 0.25) is 0 Å². The van der Waals surface area contributed by atoms with Gasteiger partial charge in [-0.3, -0.25) is 19.6 Å². The fourth-order valence-electron chi connectivity index (χ4n) is 2.20. The van der Waals surface area contributed by atoms with E-state index in [1.54, 1.807) is 18.2 Å². The molecule has 0 aromatic carbocycles. The molecule has 3 heterocycles. The number of nitro groups is 1. The Balaban J connectivity index is 1.64. The molecular formula is C17H15N3O4S. The summed E-state index contributed by atoms with van der Waals surface area (Å²) in [6.45, 7) is 2.33. The van der Waals surface area contributed by atoms with Gasteiger partial charge in [-0.25, -0.2) is 0 Å². The zero-order chi connectivity index (χ0) is 17.8. The number of nitrogens with zero attached hydrogens (tertiary/aromatic N) is 3. The van der Waals surface area contributed by atoms with Crippen molar-refractivity contribution in [2.45, 2.75) is 19.9 Å². The predicted molar refractivity (Wildman–Crippen MR) is 93.8 cm³/mol. The van der Waals surface area contributed by atoms with Crippen LogP contribution in [0.1, 0.15) is 33.0 Å². The van der Waals surface area contributed by atoms with E-state index in [4.69, 9.17) is 4.42 Å². The van der Waals surface area contributed by atoms with Crippen LogP contribution in [0.3, 0.4) is 0 Å². The second-order valence-corrected chi connectivity index (χ2v) is 6.44. The number of furan rings is 1. The molecule has 25 heavy (non-hydrogen) atoms. The molecule has 0 radical (unpaired) electrons. The van der Waals surface area contributed by atoms with Gasteiger partial charge in [-0.05, 0) is 42.8 Å². The number of carbonyl (C=O) groups excluding carboxylic acids is 1. The van der Waals surface area contributed by atoms with Crippen molar-refractivity contribution in [1.29, 1.82) is 0 Å². The highest BCUT2D eigenvalue weighted by Crippen LogP contribution is 2.19. The van der Waals surface area contributed by atoms with Crippen LogP contribution in [0.2, 0.25) is 0 Å². The molecule has 3 rings (SSSR count). The van der Waals surface area contributed by atoms with E-state index in [9.17, 15) is 14.9 Å². The fraction of sp³-hybridized carbons (Fsp3) is 0.176. The van der Waals surface area contributed by atoms with Crippen molar-refractivity contribution in [3.8, 4) is 0 Å². The lowest BCUT2D eigenvalue weighted by Crippen LogP contribution is -1.98. The summed E-state index contributed by atoms with van der Waals surface area (Å²) in [5.74, 6) is 1.07. The highest BCUT2D eigenvalue weighted by atomic mass is 32.1. The maximum absolute atomic E-state index is 12.1. The summed E-state index contributed by atoms with van der Waals surface area (Å²) in [4.78, 5) is 24.1.